The maximum Gasteiger partial charge on any atom is 0.387 e. The predicted molar refractivity (Wildman–Crippen MR) is 95.2 cm³/mol. The molecule has 0 aliphatic rings. The number of alkyl halides is 2. The highest BCUT2D eigenvalue weighted by Gasteiger charge is 2.08. The summed E-state index contributed by atoms with van der Waals surface area (Å²) in [6.45, 7) is -2.68. The van der Waals surface area contributed by atoms with E-state index in [1.165, 1.54) is 18.2 Å². The Morgan fingerprint density at radius 1 is 1.07 bits per heavy atom. The summed E-state index contributed by atoms with van der Waals surface area (Å²) in [5, 5.41) is 8.56. The van der Waals surface area contributed by atoms with E-state index in [4.69, 9.17) is 9.84 Å². The van der Waals surface area contributed by atoms with Gasteiger partial charge in [-0.1, -0.05) is 18.2 Å². The lowest BCUT2D eigenvalue weighted by Gasteiger charge is -2.07. The number of ketones is 1. The molecule has 0 saturated heterocycles. The zero-order valence-electron chi connectivity index (χ0n) is 14.3. The number of carboxylic acid groups (broad SMARTS) is 1. The molecule has 0 aromatic heterocycles. The summed E-state index contributed by atoms with van der Waals surface area (Å²) in [5.41, 5.74) is 0.765. The Morgan fingerprint density at radius 3 is 2.44 bits per heavy atom. The zero-order valence-corrected chi connectivity index (χ0v) is 14.3. The molecule has 0 aliphatic carbocycles. The summed E-state index contributed by atoms with van der Waals surface area (Å²) in [6.07, 6.45) is 3.10. The first kappa shape index (κ1) is 20.1. The van der Waals surface area contributed by atoms with Crippen molar-refractivity contribution >= 4 is 17.8 Å². The summed E-state index contributed by atoms with van der Waals surface area (Å²) < 4.78 is 34.6. The molecule has 0 fully saturated rings. The van der Waals surface area contributed by atoms with Gasteiger partial charge in [-0.05, 0) is 48.9 Å². The number of carboxylic acids is 1. The van der Waals surface area contributed by atoms with Crippen LogP contribution in [-0.4, -0.2) is 30.1 Å². The molecular formula is C20H18F2O5. The largest absolute Gasteiger partial charge is 0.494 e. The molecule has 0 saturated carbocycles. The molecule has 0 amide bonds. The van der Waals surface area contributed by atoms with Gasteiger partial charge in [-0.2, -0.15) is 8.78 Å². The van der Waals surface area contributed by atoms with E-state index in [9.17, 15) is 18.4 Å². The molecule has 0 unspecified atom stereocenters. The summed E-state index contributed by atoms with van der Waals surface area (Å²) in [6, 6.07) is 12.5. The Morgan fingerprint density at radius 2 is 1.78 bits per heavy atom. The van der Waals surface area contributed by atoms with Crippen LogP contribution in [0.15, 0.2) is 54.6 Å². The average molecular weight is 376 g/mol. The van der Waals surface area contributed by atoms with Gasteiger partial charge >= 0.3 is 12.6 Å². The Hall–Kier alpha value is -3.22. The van der Waals surface area contributed by atoms with Gasteiger partial charge in [0.05, 0.1) is 6.61 Å². The molecule has 2 rings (SSSR count). The number of hydrogen-bond acceptors (Lipinski definition) is 4. The van der Waals surface area contributed by atoms with E-state index < -0.39 is 12.6 Å². The monoisotopic (exact) mass is 376 g/mol. The van der Waals surface area contributed by atoms with Crippen LogP contribution >= 0.6 is 0 Å². The van der Waals surface area contributed by atoms with Crippen LogP contribution in [0.25, 0.3) is 6.08 Å². The van der Waals surface area contributed by atoms with E-state index in [1.807, 2.05) is 0 Å². The number of carbonyl (C=O) groups excluding carboxylic acids is 1. The van der Waals surface area contributed by atoms with Crippen molar-refractivity contribution in [1.82, 2.24) is 0 Å². The molecule has 1 N–H and O–H groups in total. The SMILES string of the molecule is O=C(O)CCCOc1ccc(C(=O)/C=C/c2ccccc2OC(F)F)cc1. The number of allylic oxidation sites excluding steroid dienone is 1. The van der Waals surface area contributed by atoms with E-state index in [1.54, 1.807) is 42.5 Å². The Balaban J connectivity index is 1.96. The minimum Gasteiger partial charge on any atom is -0.494 e. The van der Waals surface area contributed by atoms with Crippen LogP contribution in [0.5, 0.6) is 11.5 Å². The zero-order chi connectivity index (χ0) is 19.6. The van der Waals surface area contributed by atoms with Gasteiger partial charge in [0.25, 0.3) is 0 Å². The highest BCUT2D eigenvalue weighted by Crippen LogP contribution is 2.22. The van der Waals surface area contributed by atoms with Crippen LogP contribution in [0.1, 0.15) is 28.8 Å². The van der Waals surface area contributed by atoms with Crippen molar-refractivity contribution in [3.8, 4) is 11.5 Å². The normalized spacial score (nSPS) is 10.9. The second-order valence-corrected chi connectivity index (χ2v) is 5.48. The number of halogens is 2. The summed E-state index contributed by atoms with van der Waals surface area (Å²) in [7, 11) is 0. The molecule has 7 heteroatoms. The maximum absolute atomic E-state index is 12.4. The van der Waals surface area contributed by atoms with Crippen molar-refractivity contribution in [2.24, 2.45) is 0 Å². The summed E-state index contributed by atoms with van der Waals surface area (Å²) in [5.74, 6) is -0.676. The molecule has 5 nitrogen and oxygen atoms in total. The fourth-order valence-corrected chi connectivity index (χ4v) is 2.21. The highest BCUT2D eigenvalue weighted by molar-refractivity contribution is 6.07. The van der Waals surface area contributed by atoms with Gasteiger partial charge in [-0.3, -0.25) is 9.59 Å². The van der Waals surface area contributed by atoms with E-state index >= 15 is 0 Å². The number of ether oxygens (including phenoxy) is 2. The molecule has 0 aliphatic heterocycles. The maximum atomic E-state index is 12.4. The van der Waals surface area contributed by atoms with Gasteiger partial charge in [-0.15, -0.1) is 0 Å². The average Bonchev–Trinajstić information content (AvgIpc) is 2.64. The van der Waals surface area contributed by atoms with Crippen molar-refractivity contribution in [3.05, 3.63) is 65.7 Å². The van der Waals surface area contributed by atoms with Gasteiger partial charge in [0, 0.05) is 17.5 Å². The first-order chi connectivity index (χ1) is 13.0. The molecule has 0 radical (unpaired) electrons. The molecule has 0 bridgehead atoms. The molecule has 142 valence electrons. The third-order valence-electron chi connectivity index (χ3n) is 3.49. The van der Waals surface area contributed by atoms with Gasteiger partial charge in [-0.25, -0.2) is 0 Å². The minimum atomic E-state index is -2.95. The van der Waals surface area contributed by atoms with E-state index in [0.717, 1.165) is 0 Å². The van der Waals surface area contributed by atoms with Crippen molar-refractivity contribution in [2.45, 2.75) is 19.5 Å². The van der Waals surface area contributed by atoms with Gasteiger partial charge in [0.1, 0.15) is 11.5 Å². The molecular weight excluding hydrogens is 358 g/mol. The lowest BCUT2D eigenvalue weighted by Crippen LogP contribution is -2.03. The number of para-hydroxylation sites is 1. The number of rotatable bonds is 10. The van der Waals surface area contributed by atoms with Gasteiger partial charge in [0.2, 0.25) is 0 Å². The number of aliphatic carboxylic acids is 1. The van der Waals surface area contributed by atoms with Crippen molar-refractivity contribution in [1.29, 1.82) is 0 Å². The van der Waals surface area contributed by atoms with E-state index in [-0.39, 0.29) is 24.6 Å². The van der Waals surface area contributed by atoms with Crippen LogP contribution in [0.3, 0.4) is 0 Å². The second-order valence-electron chi connectivity index (χ2n) is 5.48. The quantitative estimate of drug-likeness (QED) is 0.377. The minimum absolute atomic E-state index is 0.0124. The Labute approximate surface area is 154 Å². The Kier molecular flexibility index (Phi) is 7.49. The lowest BCUT2D eigenvalue weighted by atomic mass is 10.1. The topological polar surface area (TPSA) is 72.8 Å². The molecule has 0 atom stereocenters. The van der Waals surface area contributed by atoms with Crippen molar-refractivity contribution < 1.29 is 33.0 Å². The predicted octanol–water partition coefficient (Wildman–Crippen LogP) is 4.43. The molecule has 2 aromatic rings. The fourth-order valence-electron chi connectivity index (χ4n) is 2.21. The summed E-state index contributed by atoms with van der Waals surface area (Å²) >= 11 is 0. The van der Waals surface area contributed by atoms with Crippen LogP contribution in [0.2, 0.25) is 0 Å². The first-order valence-corrected chi connectivity index (χ1v) is 8.16. The third kappa shape index (κ3) is 6.89. The molecule has 27 heavy (non-hydrogen) atoms. The lowest BCUT2D eigenvalue weighted by molar-refractivity contribution is -0.137. The van der Waals surface area contributed by atoms with Crippen molar-refractivity contribution in [2.75, 3.05) is 6.61 Å². The van der Waals surface area contributed by atoms with Crippen LogP contribution in [0, 0.1) is 0 Å². The van der Waals surface area contributed by atoms with Crippen LogP contribution in [-0.2, 0) is 4.79 Å². The number of benzene rings is 2. The van der Waals surface area contributed by atoms with E-state index in [0.29, 0.717) is 23.3 Å². The smallest absolute Gasteiger partial charge is 0.387 e. The van der Waals surface area contributed by atoms with Crippen LogP contribution < -0.4 is 9.47 Å². The molecule has 0 heterocycles. The standard InChI is InChI=1S/C20H18F2O5/c21-20(22)27-18-5-2-1-4-15(18)9-12-17(23)14-7-10-16(11-8-14)26-13-3-6-19(24)25/h1-2,4-5,7-12,20H,3,6,13H2,(H,24,25)/b12-9+. The fraction of sp³-hybridized carbons (Fsp3) is 0.200. The summed E-state index contributed by atoms with van der Waals surface area (Å²) in [4.78, 5) is 22.6. The van der Waals surface area contributed by atoms with E-state index in [2.05, 4.69) is 4.74 Å². The molecule has 0 spiro atoms. The number of carbonyl (C=O) groups is 2. The Bertz CT molecular complexity index is 800. The third-order valence-corrected chi connectivity index (χ3v) is 3.49. The highest BCUT2D eigenvalue weighted by atomic mass is 19.3. The van der Waals surface area contributed by atoms with Gasteiger partial charge < -0.3 is 14.6 Å². The number of hydrogen-bond donors (Lipinski definition) is 1. The first-order valence-electron chi connectivity index (χ1n) is 8.16. The second kappa shape index (κ2) is 10.1. The van der Waals surface area contributed by atoms with Crippen LogP contribution in [0.4, 0.5) is 8.78 Å². The van der Waals surface area contributed by atoms with Gasteiger partial charge in [0.15, 0.2) is 5.78 Å². The van der Waals surface area contributed by atoms with Crippen molar-refractivity contribution in [3.63, 3.8) is 0 Å². The molecule has 2 aromatic carbocycles.